The summed E-state index contributed by atoms with van der Waals surface area (Å²) >= 11 is 0. The lowest BCUT2D eigenvalue weighted by atomic mass is 9.93. The SMILES string of the molecule is C=C[C@H]1O[C@@H]2OC(C)(C)O[C@@H]2[C@@H]1CCCO. The maximum absolute atomic E-state index is 8.89. The first-order chi connectivity index (χ1) is 7.57. The van der Waals surface area contributed by atoms with Crippen LogP contribution in [-0.2, 0) is 14.2 Å². The predicted octanol–water partition coefficient (Wildman–Crippen LogP) is 1.44. The van der Waals surface area contributed by atoms with Gasteiger partial charge in [-0.15, -0.1) is 6.58 Å². The first-order valence-corrected chi connectivity index (χ1v) is 5.82. The molecule has 2 aliphatic rings. The molecule has 1 N–H and O–H groups in total. The standard InChI is InChI=1S/C12H20O4/c1-4-9-8(6-5-7-13)10-11(14-9)16-12(2,3)15-10/h4,8-11,13H,1,5-7H2,2-3H3/t8-,9-,10-,11-/m1/s1. The molecule has 0 aliphatic carbocycles. The Bertz CT molecular complexity index is 264. The van der Waals surface area contributed by atoms with E-state index in [9.17, 15) is 0 Å². The fourth-order valence-corrected chi connectivity index (χ4v) is 2.48. The predicted molar refractivity (Wildman–Crippen MR) is 58.7 cm³/mol. The van der Waals surface area contributed by atoms with E-state index in [0.29, 0.717) is 0 Å². The lowest BCUT2D eigenvalue weighted by molar-refractivity contribution is -0.205. The van der Waals surface area contributed by atoms with Crippen molar-refractivity contribution in [2.75, 3.05) is 6.61 Å². The molecule has 2 rings (SSSR count). The molecule has 0 saturated carbocycles. The van der Waals surface area contributed by atoms with Crippen LogP contribution in [0, 0.1) is 5.92 Å². The van der Waals surface area contributed by atoms with E-state index in [1.54, 1.807) is 6.08 Å². The maximum atomic E-state index is 8.89. The van der Waals surface area contributed by atoms with Crippen molar-refractivity contribution >= 4 is 0 Å². The number of aliphatic hydroxyl groups excluding tert-OH is 1. The van der Waals surface area contributed by atoms with Gasteiger partial charge in [-0.3, -0.25) is 0 Å². The molecule has 16 heavy (non-hydrogen) atoms. The molecule has 0 aromatic heterocycles. The Morgan fingerprint density at radius 3 is 2.75 bits per heavy atom. The van der Waals surface area contributed by atoms with Crippen LogP contribution < -0.4 is 0 Å². The minimum atomic E-state index is -0.570. The van der Waals surface area contributed by atoms with Crippen molar-refractivity contribution in [2.45, 2.75) is 51.0 Å². The van der Waals surface area contributed by atoms with Crippen molar-refractivity contribution in [1.82, 2.24) is 0 Å². The molecule has 0 aromatic carbocycles. The van der Waals surface area contributed by atoms with Gasteiger partial charge in [0.15, 0.2) is 12.1 Å². The van der Waals surface area contributed by atoms with Gasteiger partial charge < -0.3 is 19.3 Å². The Labute approximate surface area is 96.2 Å². The second-order valence-electron chi connectivity index (χ2n) is 4.83. The van der Waals surface area contributed by atoms with Crippen LogP contribution in [-0.4, -0.2) is 36.0 Å². The van der Waals surface area contributed by atoms with Gasteiger partial charge in [0.1, 0.15) is 6.10 Å². The highest BCUT2D eigenvalue weighted by Gasteiger charge is 2.53. The van der Waals surface area contributed by atoms with Crippen LogP contribution in [0.4, 0.5) is 0 Å². The van der Waals surface area contributed by atoms with Gasteiger partial charge in [-0.1, -0.05) is 6.08 Å². The van der Waals surface area contributed by atoms with Crippen molar-refractivity contribution in [3.8, 4) is 0 Å². The van der Waals surface area contributed by atoms with Gasteiger partial charge in [-0.2, -0.15) is 0 Å². The van der Waals surface area contributed by atoms with Crippen LogP contribution in [0.1, 0.15) is 26.7 Å². The summed E-state index contributed by atoms with van der Waals surface area (Å²) in [6.07, 6.45) is 3.06. The van der Waals surface area contributed by atoms with Gasteiger partial charge in [0.2, 0.25) is 0 Å². The lowest BCUT2D eigenvalue weighted by Crippen LogP contribution is -2.29. The van der Waals surface area contributed by atoms with Crippen molar-refractivity contribution in [3.63, 3.8) is 0 Å². The number of rotatable bonds is 4. The van der Waals surface area contributed by atoms with Crippen LogP contribution in [0.25, 0.3) is 0 Å². The summed E-state index contributed by atoms with van der Waals surface area (Å²) < 4.78 is 17.2. The second kappa shape index (κ2) is 4.45. The number of hydrogen-bond acceptors (Lipinski definition) is 4. The van der Waals surface area contributed by atoms with Crippen LogP contribution in [0.5, 0.6) is 0 Å². The highest BCUT2D eigenvalue weighted by Crippen LogP contribution is 2.42. The van der Waals surface area contributed by atoms with Crippen LogP contribution >= 0.6 is 0 Å². The molecule has 0 amide bonds. The van der Waals surface area contributed by atoms with Gasteiger partial charge in [-0.05, 0) is 26.7 Å². The molecule has 4 atom stereocenters. The van der Waals surface area contributed by atoms with E-state index >= 15 is 0 Å². The molecule has 92 valence electrons. The van der Waals surface area contributed by atoms with E-state index in [1.165, 1.54) is 0 Å². The molecule has 2 heterocycles. The van der Waals surface area contributed by atoms with Crippen LogP contribution in [0.2, 0.25) is 0 Å². The highest BCUT2D eigenvalue weighted by atomic mass is 16.8. The smallest absolute Gasteiger partial charge is 0.188 e. The number of ether oxygens (including phenoxy) is 3. The lowest BCUT2D eigenvalue weighted by Gasteiger charge is -2.24. The molecular formula is C12H20O4. The number of hydrogen-bond donors (Lipinski definition) is 1. The fraction of sp³-hybridized carbons (Fsp3) is 0.833. The molecular weight excluding hydrogens is 208 g/mol. The van der Waals surface area contributed by atoms with Crippen LogP contribution in [0.15, 0.2) is 12.7 Å². The largest absolute Gasteiger partial charge is 0.396 e. The second-order valence-corrected chi connectivity index (χ2v) is 4.83. The zero-order valence-electron chi connectivity index (χ0n) is 9.89. The van der Waals surface area contributed by atoms with Gasteiger partial charge in [0, 0.05) is 12.5 Å². The zero-order valence-corrected chi connectivity index (χ0v) is 9.89. The van der Waals surface area contributed by atoms with Crippen molar-refractivity contribution in [3.05, 3.63) is 12.7 Å². The Balaban J connectivity index is 2.04. The van der Waals surface area contributed by atoms with E-state index in [4.69, 9.17) is 19.3 Å². The summed E-state index contributed by atoms with van der Waals surface area (Å²) in [6.45, 7) is 7.74. The average molecular weight is 228 g/mol. The minimum Gasteiger partial charge on any atom is -0.396 e. The van der Waals surface area contributed by atoms with Gasteiger partial charge in [0.25, 0.3) is 0 Å². The quantitative estimate of drug-likeness (QED) is 0.740. The van der Waals surface area contributed by atoms with E-state index in [0.717, 1.165) is 12.8 Å². The van der Waals surface area contributed by atoms with E-state index in [-0.39, 0.29) is 31.0 Å². The Morgan fingerprint density at radius 2 is 2.12 bits per heavy atom. The van der Waals surface area contributed by atoms with E-state index in [2.05, 4.69) is 6.58 Å². The third-order valence-corrected chi connectivity index (χ3v) is 3.15. The van der Waals surface area contributed by atoms with Crippen LogP contribution in [0.3, 0.4) is 0 Å². The molecule has 2 saturated heterocycles. The Hall–Kier alpha value is -0.420. The first kappa shape index (κ1) is 12.0. The molecule has 2 aliphatic heterocycles. The van der Waals surface area contributed by atoms with E-state index in [1.807, 2.05) is 13.8 Å². The zero-order chi connectivity index (χ0) is 11.8. The summed E-state index contributed by atoms with van der Waals surface area (Å²) in [6, 6.07) is 0. The number of fused-ring (bicyclic) bond motifs is 1. The summed E-state index contributed by atoms with van der Waals surface area (Å²) in [5, 5.41) is 8.89. The Morgan fingerprint density at radius 1 is 1.38 bits per heavy atom. The monoisotopic (exact) mass is 228 g/mol. The molecule has 0 aromatic rings. The van der Waals surface area contributed by atoms with Crippen molar-refractivity contribution in [1.29, 1.82) is 0 Å². The molecule has 4 heteroatoms. The third-order valence-electron chi connectivity index (χ3n) is 3.15. The van der Waals surface area contributed by atoms with Gasteiger partial charge in [0.05, 0.1) is 6.10 Å². The molecule has 4 nitrogen and oxygen atoms in total. The normalized spacial score (nSPS) is 40.9. The van der Waals surface area contributed by atoms with E-state index < -0.39 is 5.79 Å². The fourth-order valence-electron chi connectivity index (χ4n) is 2.48. The Kier molecular flexibility index (Phi) is 3.35. The maximum Gasteiger partial charge on any atom is 0.188 e. The molecule has 2 fully saturated rings. The summed E-state index contributed by atoms with van der Waals surface area (Å²) in [4.78, 5) is 0. The van der Waals surface area contributed by atoms with Gasteiger partial charge in [-0.25, -0.2) is 0 Å². The molecule has 0 unspecified atom stereocenters. The third kappa shape index (κ3) is 2.15. The highest BCUT2D eigenvalue weighted by molar-refractivity contribution is 4.99. The molecule has 0 spiro atoms. The number of aliphatic hydroxyl groups is 1. The summed E-state index contributed by atoms with van der Waals surface area (Å²) in [7, 11) is 0. The topological polar surface area (TPSA) is 47.9 Å². The van der Waals surface area contributed by atoms with Crippen molar-refractivity contribution in [2.24, 2.45) is 5.92 Å². The first-order valence-electron chi connectivity index (χ1n) is 5.82. The summed E-state index contributed by atoms with van der Waals surface area (Å²) in [5.74, 6) is -0.338. The molecule has 0 bridgehead atoms. The summed E-state index contributed by atoms with van der Waals surface area (Å²) in [5.41, 5.74) is 0. The minimum absolute atomic E-state index is 0.0300. The van der Waals surface area contributed by atoms with Gasteiger partial charge >= 0.3 is 0 Å². The molecule has 0 radical (unpaired) electrons. The van der Waals surface area contributed by atoms with Crippen molar-refractivity contribution < 1.29 is 19.3 Å². The average Bonchev–Trinajstić information content (AvgIpc) is 2.67.